The first-order valence-electron chi connectivity index (χ1n) is 10.2. The van der Waals surface area contributed by atoms with Gasteiger partial charge in [-0.15, -0.1) is 0 Å². The summed E-state index contributed by atoms with van der Waals surface area (Å²) in [7, 11) is 0. The molecule has 0 aromatic heterocycles. The standard InChI is InChI=1S/C23H33NO7/c1-7-16(5)30-21(26)14-28-22-19(13-25)11-18(12-20(22)29-15(3)4)9-10-24-23(27)31-17(6)8-2/h7-8,11-12,15,25H,9-10,13-14H2,1-6H3,(H,24,27)/b16-7+,17-8+. The van der Waals surface area contributed by atoms with Crippen LogP contribution in [0.5, 0.6) is 11.5 Å². The van der Waals surface area contributed by atoms with Crippen LogP contribution >= 0.6 is 0 Å². The SMILES string of the molecule is C/C=C(\C)OC(=O)COc1c(CO)cc(CCNC(=O)O/C(C)=C/C)cc1OC(C)C. The van der Waals surface area contributed by atoms with Crippen molar-refractivity contribution in [2.75, 3.05) is 13.2 Å². The number of amides is 1. The summed E-state index contributed by atoms with van der Waals surface area (Å²) in [6, 6.07) is 3.51. The van der Waals surface area contributed by atoms with Crippen molar-refractivity contribution in [3.05, 3.63) is 46.9 Å². The van der Waals surface area contributed by atoms with E-state index in [2.05, 4.69) is 5.32 Å². The topological polar surface area (TPSA) is 103 Å². The fourth-order valence-electron chi connectivity index (χ4n) is 2.44. The molecule has 0 bridgehead atoms. The lowest BCUT2D eigenvalue weighted by molar-refractivity contribution is -0.141. The predicted molar refractivity (Wildman–Crippen MR) is 117 cm³/mol. The molecule has 1 aromatic carbocycles. The van der Waals surface area contributed by atoms with Crippen LogP contribution in [-0.4, -0.2) is 36.4 Å². The highest BCUT2D eigenvalue weighted by molar-refractivity contribution is 5.72. The zero-order valence-corrected chi connectivity index (χ0v) is 19.1. The van der Waals surface area contributed by atoms with Crippen LogP contribution in [0.1, 0.15) is 52.7 Å². The van der Waals surface area contributed by atoms with E-state index in [0.717, 1.165) is 5.56 Å². The Hall–Kier alpha value is -3.00. The van der Waals surface area contributed by atoms with Crippen LogP contribution in [0.4, 0.5) is 4.79 Å². The van der Waals surface area contributed by atoms with E-state index in [0.29, 0.717) is 35.8 Å². The van der Waals surface area contributed by atoms with Crippen LogP contribution in [0.15, 0.2) is 35.8 Å². The molecule has 0 aliphatic carbocycles. The third kappa shape index (κ3) is 9.57. The van der Waals surface area contributed by atoms with Gasteiger partial charge in [-0.25, -0.2) is 9.59 Å². The number of nitrogens with one attached hydrogen (secondary N) is 1. The van der Waals surface area contributed by atoms with Gasteiger partial charge in [0.05, 0.1) is 12.7 Å². The van der Waals surface area contributed by atoms with E-state index in [1.54, 1.807) is 52.0 Å². The summed E-state index contributed by atoms with van der Waals surface area (Å²) in [6.07, 6.45) is 3.15. The van der Waals surface area contributed by atoms with Gasteiger partial charge in [-0.1, -0.05) is 0 Å². The molecule has 0 saturated carbocycles. The largest absolute Gasteiger partial charge is 0.487 e. The minimum absolute atomic E-state index is 0.154. The Balaban J connectivity index is 2.93. The van der Waals surface area contributed by atoms with Gasteiger partial charge in [-0.2, -0.15) is 0 Å². The van der Waals surface area contributed by atoms with Crippen LogP contribution < -0.4 is 14.8 Å². The van der Waals surface area contributed by atoms with Crippen molar-refractivity contribution in [3.63, 3.8) is 0 Å². The quantitative estimate of drug-likeness (QED) is 0.400. The molecule has 0 saturated heterocycles. The molecule has 0 radical (unpaired) electrons. The number of carbonyl (C=O) groups is 2. The zero-order valence-electron chi connectivity index (χ0n) is 19.1. The minimum atomic E-state index is -0.557. The highest BCUT2D eigenvalue weighted by Crippen LogP contribution is 2.34. The van der Waals surface area contributed by atoms with Gasteiger partial charge in [0, 0.05) is 12.1 Å². The number of aliphatic hydroxyl groups is 1. The molecule has 0 fully saturated rings. The molecule has 1 rings (SSSR count). The molecule has 0 aliphatic heterocycles. The lowest BCUT2D eigenvalue weighted by Gasteiger charge is -2.19. The predicted octanol–water partition coefficient (Wildman–Crippen LogP) is 4.00. The summed E-state index contributed by atoms with van der Waals surface area (Å²) in [6.45, 7) is 10.3. The number of benzene rings is 1. The Bertz CT molecular complexity index is 812. The van der Waals surface area contributed by atoms with Crippen molar-refractivity contribution in [2.45, 2.75) is 60.7 Å². The van der Waals surface area contributed by atoms with Gasteiger partial charge in [-0.05, 0) is 77.8 Å². The number of hydrogen-bond donors (Lipinski definition) is 2. The second-order valence-corrected chi connectivity index (χ2v) is 7.03. The van der Waals surface area contributed by atoms with Gasteiger partial charge < -0.3 is 29.4 Å². The Kier molecular flexibility index (Phi) is 11.2. The van der Waals surface area contributed by atoms with Gasteiger partial charge in [0.2, 0.25) is 0 Å². The Morgan fingerprint density at radius 2 is 1.74 bits per heavy atom. The molecule has 2 N–H and O–H groups in total. The minimum Gasteiger partial charge on any atom is -0.487 e. The summed E-state index contributed by atoms with van der Waals surface area (Å²) in [4.78, 5) is 23.7. The summed E-state index contributed by atoms with van der Waals surface area (Å²) in [5, 5.41) is 12.5. The molecular weight excluding hydrogens is 402 g/mol. The van der Waals surface area contributed by atoms with Crippen molar-refractivity contribution in [3.8, 4) is 11.5 Å². The van der Waals surface area contributed by atoms with E-state index in [1.807, 2.05) is 13.8 Å². The fraction of sp³-hybridized carbons (Fsp3) is 0.478. The van der Waals surface area contributed by atoms with Crippen molar-refractivity contribution in [2.24, 2.45) is 0 Å². The third-order valence-corrected chi connectivity index (χ3v) is 4.08. The number of rotatable bonds is 11. The highest BCUT2D eigenvalue weighted by Gasteiger charge is 2.17. The van der Waals surface area contributed by atoms with E-state index >= 15 is 0 Å². The molecule has 8 heteroatoms. The van der Waals surface area contributed by atoms with Gasteiger partial charge >= 0.3 is 12.1 Å². The molecule has 1 amide bonds. The summed E-state index contributed by atoms with van der Waals surface area (Å²) in [5.74, 6) is 1.11. The lowest BCUT2D eigenvalue weighted by atomic mass is 10.1. The zero-order chi connectivity index (χ0) is 23.4. The van der Waals surface area contributed by atoms with Crippen LogP contribution in [-0.2, 0) is 27.3 Å². The summed E-state index contributed by atoms with van der Waals surface area (Å²) in [5.41, 5.74) is 1.29. The second kappa shape index (κ2) is 13.3. The Morgan fingerprint density at radius 3 is 2.32 bits per heavy atom. The van der Waals surface area contributed by atoms with E-state index in [4.69, 9.17) is 18.9 Å². The number of ether oxygens (including phenoxy) is 4. The molecule has 0 spiro atoms. The summed E-state index contributed by atoms with van der Waals surface area (Å²) >= 11 is 0. The van der Waals surface area contributed by atoms with Crippen molar-refractivity contribution in [1.29, 1.82) is 0 Å². The van der Waals surface area contributed by atoms with E-state index in [-0.39, 0.29) is 25.1 Å². The number of esters is 1. The molecule has 8 nitrogen and oxygen atoms in total. The number of carbonyl (C=O) groups excluding carboxylic acids is 2. The van der Waals surface area contributed by atoms with Crippen LogP contribution in [0, 0.1) is 0 Å². The summed E-state index contributed by atoms with van der Waals surface area (Å²) < 4.78 is 21.6. The molecule has 0 unspecified atom stereocenters. The van der Waals surface area contributed by atoms with Crippen molar-refractivity contribution >= 4 is 12.1 Å². The average Bonchev–Trinajstić information content (AvgIpc) is 2.71. The van der Waals surface area contributed by atoms with Gasteiger partial charge in [0.1, 0.15) is 11.5 Å². The number of aliphatic hydroxyl groups excluding tert-OH is 1. The molecule has 1 aromatic rings. The first-order valence-corrected chi connectivity index (χ1v) is 10.2. The maximum atomic E-state index is 11.9. The van der Waals surface area contributed by atoms with Crippen molar-refractivity contribution in [1.82, 2.24) is 5.32 Å². The second-order valence-electron chi connectivity index (χ2n) is 7.03. The number of alkyl carbamates (subject to hydrolysis) is 1. The van der Waals surface area contributed by atoms with Gasteiger partial charge in [-0.3, -0.25) is 0 Å². The average molecular weight is 436 g/mol. The van der Waals surface area contributed by atoms with Crippen LogP contribution in [0.25, 0.3) is 0 Å². The lowest BCUT2D eigenvalue weighted by Crippen LogP contribution is -2.26. The van der Waals surface area contributed by atoms with E-state index < -0.39 is 12.1 Å². The molecule has 172 valence electrons. The maximum absolute atomic E-state index is 11.9. The molecular formula is C23H33NO7. The van der Waals surface area contributed by atoms with E-state index in [1.165, 1.54) is 0 Å². The Morgan fingerprint density at radius 1 is 1.10 bits per heavy atom. The molecule has 0 atom stereocenters. The fourth-order valence-corrected chi connectivity index (χ4v) is 2.44. The molecule has 0 aliphatic rings. The molecule has 31 heavy (non-hydrogen) atoms. The highest BCUT2D eigenvalue weighted by atomic mass is 16.6. The number of allylic oxidation sites excluding steroid dienone is 4. The third-order valence-electron chi connectivity index (χ3n) is 4.08. The van der Waals surface area contributed by atoms with Crippen LogP contribution in [0.3, 0.4) is 0 Å². The smallest absolute Gasteiger partial charge is 0.412 e. The van der Waals surface area contributed by atoms with Gasteiger partial charge in [0.15, 0.2) is 18.1 Å². The first-order chi connectivity index (χ1) is 14.7. The first kappa shape index (κ1) is 26.0. The van der Waals surface area contributed by atoms with Gasteiger partial charge in [0.25, 0.3) is 0 Å². The molecule has 0 heterocycles. The Labute approximate surface area is 183 Å². The van der Waals surface area contributed by atoms with Crippen LogP contribution in [0.2, 0.25) is 0 Å². The normalized spacial score (nSPS) is 11.9. The van der Waals surface area contributed by atoms with E-state index in [9.17, 15) is 14.7 Å². The monoisotopic (exact) mass is 435 g/mol. The maximum Gasteiger partial charge on any atom is 0.412 e. The van der Waals surface area contributed by atoms with Crippen molar-refractivity contribution < 1.29 is 33.6 Å². The number of hydrogen-bond acceptors (Lipinski definition) is 7.